The van der Waals surface area contributed by atoms with E-state index in [1.165, 1.54) is 0 Å². The smallest absolute Gasteiger partial charge is 0.319 e. The number of aromatic nitrogens is 3. The number of urea groups is 1. The summed E-state index contributed by atoms with van der Waals surface area (Å²) in [6.45, 7) is 3.39. The Bertz CT molecular complexity index is 867. The molecule has 0 aliphatic heterocycles. The molecule has 0 radical (unpaired) electrons. The van der Waals surface area contributed by atoms with E-state index in [2.05, 4.69) is 20.3 Å². The van der Waals surface area contributed by atoms with Crippen molar-refractivity contribution in [1.29, 1.82) is 0 Å². The van der Waals surface area contributed by atoms with Gasteiger partial charge in [-0.3, -0.25) is 4.68 Å². The van der Waals surface area contributed by atoms with E-state index in [1.54, 1.807) is 18.0 Å². The van der Waals surface area contributed by atoms with Crippen molar-refractivity contribution in [1.82, 2.24) is 19.7 Å². The highest BCUT2D eigenvalue weighted by molar-refractivity contribution is 5.93. The Morgan fingerprint density at radius 3 is 2.92 bits per heavy atom. The monoisotopic (exact) mass is 341 g/mol. The molecule has 0 aliphatic rings. The summed E-state index contributed by atoms with van der Waals surface area (Å²) in [7, 11) is 3.54. The molecule has 0 fully saturated rings. The molecule has 7 heteroatoms. The molecule has 0 bridgehead atoms. The van der Waals surface area contributed by atoms with Gasteiger partial charge in [-0.1, -0.05) is 0 Å². The van der Waals surface area contributed by atoms with Crippen molar-refractivity contribution >= 4 is 22.6 Å². The van der Waals surface area contributed by atoms with Gasteiger partial charge in [0.1, 0.15) is 0 Å². The first-order valence-electron chi connectivity index (χ1n) is 8.20. The van der Waals surface area contributed by atoms with Crippen LogP contribution in [0.25, 0.3) is 10.9 Å². The maximum absolute atomic E-state index is 12.2. The summed E-state index contributed by atoms with van der Waals surface area (Å²) < 4.78 is 8.97. The zero-order chi connectivity index (χ0) is 17.8. The number of nitrogens with one attached hydrogen (secondary N) is 2. The van der Waals surface area contributed by atoms with Gasteiger partial charge in [-0.15, -0.1) is 0 Å². The van der Waals surface area contributed by atoms with Crippen LogP contribution in [0.2, 0.25) is 0 Å². The van der Waals surface area contributed by atoms with E-state index in [9.17, 15) is 4.79 Å². The number of hydrogen-bond acceptors (Lipinski definition) is 3. The lowest BCUT2D eigenvalue weighted by Gasteiger charge is -2.13. The average molecular weight is 341 g/mol. The third kappa shape index (κ3) is 4.00. The first-order valence-corrected chi connectivity index (χ1v) is 8.20. The SMILES string of the molecule is COCCn1ccc2cc(NC(=O)N[C@H](C)c3cnn(C)c3)ccc21. The van der Waals surface area contributed by atoms with E-state index < -0.39 is 0 Å². The Hall–Kier alpha value is -2.80. The van der Waals surface area contributed by atoms with Gasteiger partial charge < -0.3 is 19.9 Å². The van der Waals surface area contributed by atoms with Gasteiger partial charge in [-0.2, -0.15) is 5.10 Å². The number of methoxy groups -OCH3 is 1. The quantitative estimate of drug-likeness (QED) is 0.724. The van der Waals surface area contributed by atoms with Crippen molar-refractivity contribution in [2.24, 2.45) is 7.05 Å². The lowest BCUT2D eigenvalue weighted by Crippen LogP contribution is -2.31. The van der Waals surface area contributed by atoms with Crippen LogP contribution in [0.4, 0.5) is 10.5 Å². The molecule has 2 heterocycles. The Balaban J connectivity index is 1.65. The summed E-state index contributed by atoms with van der Waals surface area (Å²) in [6, 6.07) is 7.55. The Morgan fingerprint density at radius 2 is 2.20 bits per heavy atom. The molecule has 2 amide bonds. The highest BCUT2D eigenvalue weighted by Crippen LogP contribution is 2.21. The molecule has 0 unspecified atom stereocenters. The molecule has 0 spiro atoms. The molecule has 3 rings (SSSR count). The van der Waals surface area contributed by atoms with E-state index >= 15 is 0 Å². The molecule has 7 nitrogen and oxygen atoms in total. The lowest BCUT2D eigenvalue weighted by molar-refractivity contribution is 0.188. The molecule has 2 aromatic heterocycles. The molecule has 25 heavy (non-hydrogen) atoms. The lowest BCUT2D eigenvalue weighted by atomic mass is 10.2. The fourth-order valence-electron chi connectivity index (χ4n) is 2.77. The summed E-state index contributed by atoms with van der Waals surface area (Å²) in [5.41, 5.74) is 2.84. The van der Waals surface area contributed by atoms with Crippen LogP contribution < -0.4 is 10.6 Å². The number of amides is 2. The molecular weight excluding hydrogens is 318 g/mol. The van der Waals surface area contributed by atoms with Gasteiger partial charge in [-0.25, -0.2) is 4.79 Å². The molecule has 0 aliphatic carbocycles. The van der Waals surface area contributed by atoms with Crippen molar-refractivity contribution in [2.75, 3.05) is 19.0 Å². The second-order valence-electron chi connectivity index (χ2n) is 6.04. The van der Waals surface area contributed by atoms with E-state index in [1.807, 2.05) is 50.6 Å². The minimum Gasteiger partial charge on any atom is -0.383 e. The minimum atomic E-state index is -0.241. The van der Waals surface area contributed by atoms with Crippen LogP contribution in [0.1, 0.15) is 18.5 Å². The summed E-state index contributed by atoms with van der Waals surface area (Å²) in [4.78, 5) is 12.2. The van der Waals surface area contributed by atoms with Crippen molar-refractivity contribution in [2.45, 2.75) is 19.5 Å². The van der Waals surface area contributed by atoms with Crippen molar-refractivity contribution < 1.29 is 9.53 Å². The minimum absolute atomic E-state index is 0.118. The average Bonchev–Trinajstić information content (AvgIpc) is 3.18. The summed E-state index contributed by atoms with van der Waals surface area (Å²) in [5, 5.41) is 11.0. The fraction of sp³-hybridized carbons (Fsp3) is 0.333. The molecule has 1 atom stereocenters. The number of carbonyl (C=O) groups excluding carboxylic acids is 1. The largest absolute Gasteiger partial charge is 0.383 e. The van der Waals surface area contributed by atoms with Crippen LogP contribution >= 0.6 is 0 Å². The second-order valence-corrected chi connectivity index (χ2v) is 6.04. The fourth-order valence-corrected chi connectivity index (χ4v) is 2.77. The highest BCUT2D eigenvalue weighted by atomic mass is 16.5. The van der Waals surface area contributed by atoms with Gasteiger partial charge in [0.15, 0.2) is 0 Å². The van der Waals surface area contributed by atoms with Gasteiger partial charge in [0.2, 0.25) is 0 Å². The van der Waals surface area contributed by atoms with Gasteiger partial charge in [0.05, 0.1) is 18.8 Å². The van der Waals surface area contributed by atoms with E-state index in [0.717, 1.165) is 28.7 Å². The van der Waals surface area contributed by atoms with E-state index in [0.29, 0.717) is 6.61 Å². The predicted octanol–water partition coefficient (Wildman–Crippen LogP) is 2.90. The van der Waals surface area contributed by atoms with Crippen LogP contribution in [0, 0.1) is 0 Å². The second kappa shape index (κ2) is 7.40. The maximum Gasteiger partial charge on any atom is 0.319 e. The number of benzene rings is 1. The summed E-state index contributed by atoms with van der Waals surface area (Å²) >= 11 is 0. The van der Waals surface area contributed by atoms with Crippen molar-refractivity contribution in [3.63, 3.8) is 0 Å². The number of ether oxygens (including phenoxy) is 1. The van der Waals surface area contributed by atoms with Crippen LogP contribution in [0.3, 0.4) is 0 Å². The first kappa shape index (κ1) is 17.0. The number of anilines is 1. The molecule has 1 aromatic carbocycles. The predicted molar refractivity (Wildman–Crippen MR) is 97.6 cm³/mol. The van der Waals surface area contributed by atoms with Gasteiger partial charge >= 0.3 is 6.03 Å². The van der Waals surface area contributed by atoms with Gasteiger partial charge in [0, 0.05) is 55.2 Å². The molecule has 0 saturated carbocycles. The molecular formula is C18H23N5O2. The number of rotatable bonds is 6. The van der Waals surface area contributed by atoms with Gasteiger partial charge in [0.25, 0.3) is 0 Å². The number of carbonyl (C=O) groups is 1. The first-order chi connectivity index (χ1) is 12.1. The van der Waals surface area contributed by atoms with E-state index in [4.69, 9.17) is 4.74 Å². The van der Waals surface area contributed by atoms with E-state index in [-0.39, 0.29) is 12.1 Å². The number of hydrogen-bond donors (Lipinski definition) is 2. The van der Waals surface area contributed by atoms with Crippen molar-refractivity contribution in [3.8, 4) is 0 Å². The van der Waals surface area contributed by atoms with Gasteiger partial charge in [-0.05, 0) is 31.2 Å². The molecule has 132 valence electrons. The van der Waals surface area contributed by atoms with Crippen LogP contribution in [-0.2, 0) is 18.3 Å². The number of nitrogens with zero attached hydrogens (tertiary/aromatic N) is 3. The zero-order valence-electron chi connectivity index (χ0n) is 14.7. The molecule has 3 aromatic rings. The normalized spacial score (nSPS) is 12.3. The third-order valence-corrected chi connectivity index (χ3v) is 4.14. The summed E-state index contributed by atoms with van der Waals surface area (Å²) in [6.07, 6.45) is 5.66. The van der Waals surface area contributed by atoms with Crippen LogP contribution in [0.15, 0.2) is 42.9 Å². The highest BCUT2D eigenvalue weighted by Gasteiger charge is 2.11. The third-order valence-electron chi connectivity index (χ3n) is 4.14. The van der Waals surface area contributed by atoms with Crippen LogP contribution in [-0.4, -0.2) is 34.1 Å². The topological polar surface area (TPSA) is 73.1 Å². The standard InChI is InChI=1S/C18H23N5O2/c1-13(15-11-19-22(2)12-15)20-18(24)21-16-4-5-17-14(10-16)6-7-23(17)8-9-25-3/h4-7,10-13H,8-9H2,1-3H3,(H2,20,21,24)/t13-/m1/s1. The van der Waals surface area contributed by atoms with Crippen LogP contribution in [0.5, 0.6) is 0 Å². The maximum atomic E-state index is 12.2. The Labute approximate surface area is 146 Å². The number of fused-ring (bicyclic) bond motifs is 1. The van der Waals surface area contributed by atoms with Crippen molar-refractivity contribution in [3.05, 3.63) is 48.4 Å². The Kier molecular flexibility index (Phi) is 5.04. The molecule has 0 saturated heterocycles. The summed E-state index contributed by atoms with van der Waals surface area (Å²) in [5.74, 6) is 0. The molecule has 2 N–H and O–H groups in total. The number of aryl methyl sites for hydroxylation is 1. The zero-order valence-corrected chi connectivity index (χ0v) is 14.7. The Morgan fingerprint density at radius 1 is 1.36 bits per heavy atom.